The van der Waals surface area contributed by atoms with Crippen LogP contribution in [0.4, 0.5) is 0 Å². The summed E-state index contributed by atoms with van der Waals surface area (Å²) in [5.74, 6) is -0.969. The Morgan fingerprint density at radius 1 is 1.69 bits per heavy atom. The molecule has 2 N–H and O–H groups in total. The van der Waals surface area contributed by atoms with Crippen LogP contribution in [0.2, 0.25) is 0 Å². The largest absolute Gasteiger partial charge is 0.480 e. The molecule has 13 heavy (non-hydrogen) atoms. The number of likely N-dealkylation sites (N-methyl/N-ethyl adjacent to an activating group) is 1. The molecular weight excluding hydrogens is 192 g/mol. The Kier molecular flexibility index (Phi) is 4.94. The first-order chi connectivity index (χ1) is 5.95. The van der Waals surface area contributed by atoms with E-state index in [0.717, 1.165) is 11.9 Å². The van der Waals surface area contributed by atoms with Crippen molar-refractivity contribution < 1.29 is 9.90 Å². The standard InChI is InChI=1S/C7H14N2O3S/c1-4-8-5(6(10)11)7(2,3)13-9-12/h5,8H,4H2,1-3H3,(H,10,11)/t5-/m1/s1. The lowest BCUT2D eigenvalue weighted by Gasteiger charge is -2.27. The van der Waals surface area contributed by atoms with Crippen molar-refractivity contribution in [3.05, 3.63) is 4.91 Å². The molecule has 0 bridgehead atoms. The van der Waals surface area contributed by atoms with Crippen LogP contribution < -0.4 is 5.32 Å². The van der Waals surface area contributed by atoms with Crippen LogP contribution in [-0.4, -0.2) is 28.4 Å². The molecule has 0 saturated carbocycles. The minimum absolute atomic E-state index is 0.541. The molecule has 0 aromatic heterocycles. The Morgan fingerprint density at radius 3 is 2.54 bits per heavy atom. The zero-order chi connectivity index (χ0) is 10.5. The fourth-order valence-corrected chi connectivity index (χ4v) is 1.47. The SMILES string of the molecule is CCN[C@H](C(=O)O)C(C)(C)SN=O. The van der Waals surface area contributed by atoms with Crippen LogP contribution in [-0.2, 0) is 4.79 Å². The van der Waals surface area contributed by atoms with Crippen LogP contribution in [0.5, 0.6) is 0 Å². The molecule has 0 spiro atoms. The molecule has 0 aliphatic rings. The zero-order valence-corrected chi connectivity index (χ0v) is 8.72. The second kappa shape index (κ2) is 5.18. The van der Waals surface area contributed by atoms with Crippen LogP contribution in [0, 0.1) is 4.91 Å². The van der Waals surface area contributed by atoms with Gasteiger partial charge in [-0.2, -0.15) is 0 Å². The quantitative estimate of drug-likeness (QED) is 0.505. The van der Waals surface area contributed by atoms with Gasteiger partial charge in [-0.1, -0.05) is 6.92 Å². The Hall–Kier alpha value is -0.620. The van der Waals surface area contributed by atoms with Crippen molar-refractivity contribution >= 4 is 17.9 Å². The van der Waals surface area contributed by atoms with Crippen molar-refractivity contribution in [2.24, 2.45) is 4.58 Å². The molecule has 0 aromatic rings. The summed E-state index contributed by atoms with van der Waals surface area (Å²) in [6.07, 6.45) is 0. The van der Waals surface area contributed by atoms with Crippen molar-refractivity contribution in [1.29, 1.82) is 0 Å². The predicted octanol–water partition coefficient (Wildman–Crippen LogP) is 1.24. The van der Waals surface area contributed by atoms with Crippen LogP contribution in [0.3, 0.4) is 0 Å². The van der Waals surface area contributed by atoms with Crippen molar-refractivity contribution in [1.82, 2.24) is 5.32 Å². The number of carboxylic acid groups (broad SMARTS) is 1. The number of rotatable bonds is 6. The first-order valence-electron chi connectivity index (χ1n) is 3.92. The number of nitroso groups, excluding NO2 is 1. The van der Waals surface area contributed by atoms with Gasteiger partial charge >= 0.3 is 5.97 Å². The number of hydrogen-bond donors (Lipinski definition) is 2. The monoisotopic (exact) mass is 206 g/mol. The van der Waals surface area contributed by atoms with Crippen LogP contribution in [0.25, 0.3) is 0 Å². The number of carboxylic acids is 1. The number of nitrogens with one attached hydrogen (secondary N) is 1. The van der Waals surface area contributed by atoms with Crippen molar-refractivity contribution in [2.45, 2.75) is 31.6 Å². The third-order valence-electron chi connectivity index (χ3n) is 1.62. The molecule has 0 aliphatic carbocycles. The Labute approximate surface area is 81.4 Å². The third-order valence-corrected chi connectivity index (χ3v) is 2.40. The van der Waals surface area contributed by atoms with Crippen molar-refractivity contribution in [2.75, 3.05) is 6.54 Å². The summed E-state index contributed by atoms with van der Waals surface area (Å²) >= 11 is 0.736. The van der Waals surface area contributed by atoms with Gasteiger partial charge in [0.1, 0.15) is 6.04 Å². The second-order valence-electron chi connectivity index (χ2n) is 3.10. The number of hydrogen-bond acceptors (Lipinski definition) is 5. The van der Waals surface area contributed by atoms with Gasteiger partial charge in [-0.05, 0) is 20.4 Å². The molecule has 0 fully saturated rings. The minimum Gasteiger partial charge on any atom is -0.480 e. The fourth-order valence-electron chi connectivity index (χ4n) is 0.983. The summed E-state index contributed by atoms with van der Waals surface area (Å²) in [4.78, 5) is 20.8. The molecule has 0 aromatic carbocycles. The van der Waals surface area contributed by atoms with Gasteiger partial charge in [0.15, 0.2) is 0 Å². The fraction of sp³-hybridized carbons (Fsp3) is 0.857. The topological polar surface area (TPSA) is 78.8 Å². The van der Waals surface area contributed by atoms with E-state index >= 15 is 0 Å². The van der Waals surface area contributed by atoms with Gasteiger partial charge in [0.05, 0.1) is 4.75 Å². The van der Waals surface area contributed by atoms with E-state index < -0.39 is 16.8 Å². The smallest absolute Gasteiger partial charge is 0.322 e. The maximum atomic E-state index is 10.8. The van der Waals surface area contributed by atoms with E-state index in [4.69, 9.17) is 5.11 Å². The predicted molar refractivity (Wildman–Crippen MR) is 52.6 cm³/mol. The van der Waals surface area contributed by atoms with Gasteiger partial charge in [0.2, 0.25) is 0 Å². The Morgan fingerprint density at radius 2 is 2.23 bits per heavy atom. The Balaban J connectivity index is 4.50. The highest BCUT2D eigenvalue weighted by atomic mass is 32.2. The van der Waals surface area contributed by atoms with Crippen LogP contribution in [0.15, 0.2) is 4.58 Å². The second-order valence-corrected chi connectivity index (χ2v) is 4.48. The molecule has 6 heteroatoms. The lowest BCUT2D eigenvalue weighted by molar-refractivity contribution is -0.140. The van der Waals surface area contributed by atoms with E-state index in [1.807, 2.05) is 6.92 Å². The number of nitrogens with zero attached hydrogens (tertiary/aromatic N) is 1. The van der Waals surface area contributed by atoms with E-state index in [0.29, 0.717) is 6.54 Å². The average Bonchev–Trinajstić information content (AvgIpc) is 1.99. The highest BCUT2D eigenvalue weighted by Gasteiger charge is 2.36. The van der Waals surface area contributed by atoms with Crippen molar-refractivity contribution in [3.63, 3.8) is 0 Å². The molecule has 1 atom stereocenters. The van der Waals surface area contributed by atoms with Crippen molar-refractivity contribution in [3.8, 4) is 0 Å². The highest BCUT2D eigenvalue weighted by Crippen LogP contribution is 2.28. The molecule has 0 heterocycles. The maximum Gasteiger partial charge on any atom is 0.322 e. The molecule has 0 unspecified atom stereocenters. The molecular formula is C7H14N2O3S. The first kappa shape index (κ1) is 12.4. The molecule has 0 aliphatic heterocycles. The number of aliphatic carboxylic acids is 1. The van der Waals surface area contributed by atoms with Crippen LogP contribution >= 0.6 is 11.9 Å². The maximum absolute atomic E-state index is 10.8. The molecule has 0 saturated heterocycles. The molecule has 0 amide bonds. The Bertz CT molecular complexity index is 196. The van der Waals surface area contributed by atoms with Gasteiger partial charge in [-0.25, -0.2) is 0 Å². The highest BCUT2D eigenvalue weighted by molar-refractivity contribution is 7.99. The summed E-state index contributed by atoms with van der Waals surface area (Å²) in [6.45, 7) is 5.69. The average molecular weight is 206 g/mol. The summed E-state index contributed by atoms with van der Waals surface area (Å²) in [6, 6.07) is -0.764. The molecule has 76 valence electrons. The van der Waals surface area contributed by atoms with Crippen LogP contribution in [0.1, 0.15) is 20.8 Å². The summed E-state index contributed by atoms with van der Waals surface area (Å²) in [5.41, 5.74) is 0. The summed E-state index contributed by atoms with van der Waals surface area (Å²) in [7, 11) is 0. The summed E-state index contributed by atoms with van der Waals surface area (Å²) in [5, 5.41) is 11.6. The summed E-state index contributed by atoms with van der Waals surface area (Å²) < 4.78 is 1.92. The van der Waals surface area contributed by atoms with Gasteiger partial charge in [-0.15, -0.1) is 4.91 Å². The lowest BCUT2D eigenvalue weighted by Crippen LogP contribution is -2.49. The van der Waals surface area contributed by atoms with E-state index in [9.17, 15) is 9.70 Å². The number of carbonyl (C=O) groups is 1. The van der Waals surface area contributed by atoms with Gasteiger partial charge in [-0.3, -0.25) is 4.79 Å². The van der Waals surface area contributed by atoms with Gasteiger partial charge < -0.3 is 10.4 Å². The molecule has 0 rings (SSSR count). The van der Waals surface area contributed by atoms with E-state index in [-0.39, 0.29) is 0 Å². The lowest BCUT2D eigenvalue weighted by atomic mass is 10.0. The zero-order valence-electron chi connectivity index (χ0n) is 7.90. The van der Waals surface area contributed by atoms with Gasteiger partial charge in [0.25, 0.3) is 0 Å². The minimum atomic E-state index is -0.969. The van der Waals surface area contributed by atoms with Gasteiger partial charge in [0, 0.05) is 16.5 Å². The molecule has 0 radical (unpaired) electrons. The molecule has 5 nitrogen and oxygen atoms in total. The van der Waals surface area contributed by atoms with E-state index in [1.54, 1.807) is 13.8 Å². The first-order valence-corrected chi connectivity index (χ1v) is 4.70. The van der Waals surface area contributed by atoms with E-state index in [1.165, 1.54) is 0 Å². The third kappa shape index (κ3) is 3.73. The normalized spacial score (nSPS) is 13.8. The van der Waals surface area contributed by atoms with E-state index in [2.05, 4.69) is 9.90 Å².